The number of carbonyl (C=O) groups excluding carboxylic acids is 1. The third kappa shape index (κ3) is 7.41. The number of aromatic amines is 1. The van der Waals surface area contributed by atoms with Gasteiger partial charge in [-0.1, -0.05) is 32.6 Å². The van der Waals surface area contributed by atoms with Gasteiger partial charge in [0.1, 0.15) is 5.83 Å². The van der Waals surface area contributed by atoms with Crippen LogP contribution < -0.4 is 10.6 Å². The molecule has 3 N–H and O–H groups in total. The maximum atomic E-state index is 14.9. The maximum absolute atomic E-state index is 14.9. The van der Waals surface area contributed by atoms with E-state index < -0.39 is 0 Å². The number of hydrogen-bond acceptors (Lipinski definition) is 8. The highest BCUT2D eigenvalue weighted by molar-refractivity contribution is 7.99. The van der Waals surface area contributed by atoms with Crippen LogP contribution in [0.5, 0.6) is 0 Å². The van der Waals surface area contributed by atoms with Crippen LogP contribution in [-0.2, 0) is 4.79 Å². The zero-order valence-corrected chi connectivity index (χ0v) is 25.0. The van der Waals surface area contributed by atoms with Crippen LogP contribution in [0, 0.1) is 6.92 Å². The highest BCUT2D eigenvalue weighted by atomic mass is 32.2. The molecule has 0 radical (unpaired) electrons. The SMILES string of the molecule is C=C/C=C\C(Nc1ncc(C)c(-c2c[nH]c3c(NC(=O)C(CC)N4CCN(C)CC4)nccc23)n1)=C(\F)CSCC. The van der Waals surface area contributed by atoms with Crippen molar-refractivity contribution in [3.8, 4) is 11.3 Å². The number of aryl methyl sites for hydroxylation is 1. The highest BCUT2D eigenvalue weighted by Gasteiger charge is 2.27. The number of thioether (sulfide) groups is 1. The normalized spacial score (nSPS) is 16.1. The van der Waals surface area contributed by atoms with Gasteiger partial charge in [-0.2, -0.15) is 11.8 Å². The Balaban J connectivity index is 1.61. The number of pyridine rings is 1. The molecular formula is C30H39FN8OS. The van der Waals surface area contributed by atoms with Gasteiger partial charge in [-0.15, -0.1) is 0 Å². The molecule has 4 rings (SSSR count). The number of nitrogens with zero attached hydrogens (tertiary/aromatic N) is 5. The molecule has 11 heteroatoms. The van der Waals surface area contributed by atoms with Gasteiger partial charge in [-0.3, -0.25) is 9.69 Å². The molecule has 1 unspecified atom stereocenters. The standard InChI is InChI=1S/C30H39FN8OS/c1-6-9-10-24(23(31)19-41-8-3)35-30-34-17-20(4)26(36-30)22-18-33-27-21(22)11-12-32-28(27)37-29(40)25(7-2)39-15-13-38(5)14-16-39/h6,9-12,17-18,25,33H,1,7-8,13-16,19H2,2-5H3,(H,32,37,40)(H,34,35,36)/b10-9-,24-23-. The lowest BCUT2D eigenvalue weighted by Crippen LogP contribution is -2.52. The monoisotopic (exact) mass is 578 g/mol. The van der Waals surface area contributed by atoms with E-state index in [1.165, 1.54) is 11.8 Å². The largest absolute Gasteiger partial charge is 0.357 e. The number of H-pyrrole nitrogens is 1. The number of halogens is 1. The van der Waals surface area contributed by atoms with Crippen molar-refractivity contribution in [3.05, 3.63) is 66.6 Å². The molecule has 0 aromatic carbocycles. The Hall–Kier alpha value is -3.54. The zero-order valence-electron chi connectivity index (χ0n) is 24.2. The molecule has 41 heavy (non-hydrogen) atoms. The summed E-state index contributed by atoms with van der Waals surface area (Å²) in [6, 6.07) is 1.67. The van der Waals surface area contributed by atoms with Gasteiger partial charge in [0.25, 0.3) is 0 Å². The summed E-state index contributed by atoms with van der Waals surface area (Å²) in [5, 5.41) is 6.97. The molecule has 218 valence electrons. The van der Waals surface area contributed by atoms with E-state index >= 15 is 0 Å². The number of likely N-dealkylation sites (N-methyl/N-ethyl adjacent to an activating group) is 1. The number of fused-ring (bicyclic) bond motifs is 1. The summed E-state index contributed by atoms with van der Waals surface area (Å²) in [4.78, 5) is 34.8. The summed E-state index contributed by atoms with van der Waals surface area (Å²) in [5.41, 5.74) is 3.39. The second kappa shape index (κ2) is 14.4. The van der Waals surface area contributed by atoms with E-state index in [2.05, 4.69) is 49.0 Å². The van der Waals surface area contributed by atoms with Crippen LogP contribution in [0.25, 0.3) is 22.2 Å². The second-order valence-electron chi connectivity index (χ2n) is 9.94. The first-order chi connectivity index (χ1) is 19.9. The fourth-order valence-corrected chi connectivity index (χ4v) is 5.36. The van der Waals surface area contributed by atoms with E-state index in [1.807, 2.05) is 33.0 Å². The number of nitrogens with one attached hydrogen (secondary N) is 3. The van der Waals surface area contributed by atoms with Gasteiger partial charge in [0, 0.05) is 61.5 Å². The number of anilines is 2. The predicted octanol–water partition coefficient (Wildman–Crippen LogP) is 5.38. The van der Waals surface area contributed by atoms with Gasteiger partial charge in [0.15, 0.2) is 5.82 Å². The molecule has 3 aromatic heterocycles. The number of carbonyl (C=O) groups is 1. The molecule has 0 aliphatic carbocycles. The summed E-state index contributed by atoms with van der Waals surface area (Å²) in [5.74, 6) is 1.46. The molecule has 4 heterocycles. The fourth-order valence-electron chi connectivity index (χ4n) is 4.82. The second-order valence-corrected chi connectivity index (χ2v) is 11.2. The van der Waals surface area contributed by atoms with Crippen LogP contribution in [0.3, 0.4) is 0 Å². The lowest BCUT2D eigenvalue weighted by Gasteiger charge is -2.36. The van der Waals surface area contributed by atoms with Gasteiger partial charge in [0.05, 0.1) is 22.9 Å². The molecule has 0 spiro atoms. The first-order valence-electron chi connectivity index (χ1n) is 13.9. The highest BCUT2D eigenvalue weighted by Crippen LogP contribution is 2.32. The van der Waals surface area contributed by atoms with E-state index in [4.69, 9.17) is 4.98 Å². The van der Waals surface area contributed by atoms with Crippen molar-refractivity contribution in [1.82, 2.24) is 29.7 Å². The minimum Gasteiger partial charge on any atom is -0.357 e. The first-order valence-corrected chi connectivity index (χ1v) is 15.1. The lowest BCUT2D eigenvalue weighted by molar-refractivity contribution is -0.122. The van der Waals surface area contributed by atoms with Gasteiger partial charge in [0.2, 0.25) is 11.9 Å². The molecule has 1 fully saturated rings. The summed E-state index contributed by atoms with van der Waals surface area (Å²) in [7, 11) is 2.10. The Morgan fingerprint density at radius 1 is 1.24 bits per heavy atom. The zero-order chi connectivity index (χ0) is 29.4. The molecule has 9 nitrogen and oxygen atoms in total. The van der Waals surface area contributed by atoms with Crippen LogP contribution in [0.2, 0.25) is 0 Å². The average molecular weight is 579 g/mol. The number of hydrogen-bond donors (Lipinski definition) is 3. The van der Waals surface area contributed by atoms with E-state index in [0.29, 0.717) is 29.1 Å². The number of aromatic nitrogens is 4. The predicted molar refractivity (Wildman–Crippen MR) is 168 cm³/mol. The minimum atomic E-state index is -0.291. The summed E-state index contributed by atoms with van der Waals surface area (Å²) >= 11 is 1.49. The Kier molecular flexibility index (Phi) is 10.7. The van der Waals surface area contributed by atoms with Gasteiger partial charge in [-0.25, -0.2) is 19.3 Å². The third-order valence-electron chi connectivity index (χ3n) is 7.11. The number of piperazine rings is 1. The quantitative estimate of drug-likeness (QED) is 0.246. The van der Waals surface area contributed by atoms with Crippen LogP contribution >= 0.6 is 11.8 Å². The molecular weight excluding hydrogens is 539 g/mol. The van der Waals surface area contributed by atoms with Gasteiger partial charge < -0.3 is 20.5 Å². The third-order valence-corrected chi connectivity index (χ3v) is 7.97. The van der Waals surface area contributed by atoms with E-state index in [1.54, 1.807) is 30.6 Å². The molecule has 1 amide bonds. The van der Waals surface area contributed by atoms with E-state index in [-0.39, 0.29) is 29.5 Å². The van der Waals surface area contributed by atoms with E-state index in [0.717, 1.165) is 48.4 Å². The molecule has 1 aliphatic heterocycles. The Morgan fingerprint density at radius 2 is 2.02 bits per heavy atom. The molecule has 1 atom stereocenters. The van der Waals surface area contributed by atoms with Crippen LogP contribution in [0.15, 0.2) is 61.0 Å². The average Bonchev–Trinajstić information content (AvgIpc) is 3.41. The number of rotatable bonds is 12. The smallest absolute Gasteiger partial charge is 0.242 e. The maximum Gasteiger partial charge on any atom is 0.242 e. The molecule has 0 bridgehead atoms. The van der Waals surface area contributed by atoms with Crippen molar-refractivity contribution >= 4 is 40.3 Å². The first kappa shape index (κ1) is 30.4. The van der Waals surface area contributed by atoms with Crippen LogP contribution in [0.1, 0.15) is 25.8 Å². The van der Waals surface area contributed by atoms with Crippen molar-refractivity contribution in [2.45, 2.75) is 33.2 Å². The van der Waals surface area contributed by atoms with Gasteiger partial charge in [-0.05, 0) is 43.9 Å². The fraction of sp³-hybridized carbons (Fsp3) is 0.400. The van der Waals surface area contributed by atoms with Gasteiger partial charge >= 0.3 is 0 Å². The van der Waals surface area contributed by atoms with Crippen molar-refractivity contribution in [1.29, 1.82) is 0 Å². The number of allylic oxidation sites excluding steroid dienone is 3. The molecule has 1 aliphatic rings. The summed E-state index contributed by atoms with van der Waals surface area (Å²) < 4.78 is 14.9. The topological polar surface area (TPSA) is 102 Å². The molecule has 0 saturated carbocycles. The molecule has 1 saturated heterocycles. The summed E-state index contributed by atoms with van der Waals surface area (Å²) in [6.45, 7) is 13.2. The van der Waals surface area contributed by atoms with Crippen molar-refractivity contribution in [3.63, 3.8) is 0 Å². The number of amides is 1. The molecule has 3 aromatic rings. The van der Waals surface area contributed by atoms with Crippen molar-refractivity contribution in [2.24, 2.45) is 0 Å². The summed E-state index contributed by atoms with van der Waals surface area (Å²) in [6.07, 6.45) is 10.8. The Morgan fingerprint density at radius 3 is 2.73 bits per heavy atom. The minimum absolute atomic E-state index is 0.0620. The Bertz CT molecular complexity index is 1430. The Labute approximate surface area is 245 Å². The van der Waals surface area contributed by atoms with Crippen molar-refractivity contribution < 1.29 is 9.18 Å². The van der Waals surface area contributed by atoms with Crippen LogP contribution in [0.4, 0.5) is 16.2 Å². The van der Waals surface area contributed by atoms with Crippen LogP contribution in [-0.4, -0.2) is 86.4 Å². The lowest BCUT2D eigenvalue weighted by atomic mass is 10.1. The van der Waals surface area contributed by atoms with E-state index in [9.17, 15) is 9.18 Å². The van der Waals surface area contributed by atoms with Crippen molar-refractivity contribution in [2.75, 3.05) is 55.4 Å².